The van der Waals surface area contributed by atoms with Crippen molar-refractivity contribution in [3.8, 4) is 5.75 Å². The second kappa shape index (κ2) is 8.06. The summed E-state index contributed by atoms with van der Waals surface area (Å²) < 4.78 is 5.91. The maximum absolute atomic E-state index is 12.4. The number of amides is 1. The maximum Gasteiger partial charge on any atom is 0.255 e. The van der Waals surface area contributed by atoms with Gasteiger partial charge in [-0.2, -0.15) is 0 Å². The normalized spacial score (nSPS) is 14.1. The Morgan fingerprint density at radius 2 is 1.83 bits per heavy atom. The summed E-state index contributed by atoms with van der Waals surface area (Å²) in [5, 5.41) is 2.98. The van der Waals surface area contributed by atoms with Crippen LogP contribution in [0.1, 0.15) is 29.6 Å². The highest BCUT2D eigenvalue weighted by Gasteiger charge is 2.21. The maximum atomic E-state index is 12.4. The van der Waals surface area contributed by atoms with E-state index in [-0.39, 0.29) is 12.0 Å². The van der Waals surface area contributed by atoms with E-state index < -0.39 is 0 Å². The summed E-state index contributed by atoms with van der Waals surface area (Å²) in [4.78, 5) is 13.6. The number of carbonyl (C=O) groups is 1. The van der Waals surface area contributed by atoms with Crippen LogP contribution in [0.15, 0.2) is 59.5 Å². The molecule has 0 heterocycles. The molecule has 0 saturated heterocycles. The molecule has 3 rings (SSSR count). The van der Waals surface area contributed by atoms with E-state index in [0.29, 0.717) is 17.9 Å². The predicted molar refractivity (Wildman–Crippen MR) is 94.2 cm³/mol. The lowest BCUT2D eigenvalue weighted by atomic mass is 9.96. The van der Waals surface area contributed by atoms with Gasteiger partial charge in [0.05, 0.1) is 11.7 Å². The highest BCUT2D eigenvalue weighted by molar-refractivity contribution is 7.99. The Bertz CT molecular complexity index is 641. The highest BCUT2D eigenvalue weighted by Crippen LogP contribution is 2.27. The fraction of sp³-hybridized carbons (Fsp3) is 0.316. The van der Waals surface area contributed by atoms with Gasteiger partial charge in [0.1, 0.15) is 5.75 Å². The molecule has 2 aromatic carbocycles. The smallest absolute Gasteiger partial charge is 0.255 e. The Labute approximate surface area is 141 Å². The molecule has 0 unspecified atom stereocenters. The molecule has 3 nitrogen and oxygen atoms in total. The van der Waals surface area contributed by atoms with E-state index in [2.05, 4.69) is 17.4 Å². The van der Waals surface area contributed by atoms with Gasteiger partial charge in [0.2, 0.25) is 0 Å². The Morgan fingerprint density at radius 1 is 1.09 bits per heavy atom. The molecule has 1 saturated carbocycles. The third-order valence-corrected chi connectivity index (χ3v) is 4.89. The van der Waals surface area contributed by atoms with Crippen LogP contribution in [0.4, 0.5) is 0 Å². The molecule has 0 spiro atoms. The number of benzene rings is 2. The number of hydrogen-bond donors (Lipinski definition) is 1. The van der Waals surface area contributed by atoms with Gasteiger partial charge in [-0.25, -0.2) is 0 Å². The number of nitrogens with one attached hydrogen (secondary N) is 1. The van der Waals surface area contributed by atoms with Crippen LogP contribution < -0.4 is 10.1 Å². The van der Waals surface area contributed by atoms with Crippen molar-refractivity contribution in [2.45, 2.75) is 30.3 Å². The quantitative estimate of drug-likeness (QED) is 0.613. The molecule has 1 amide bonds. The summed E-state index contributed by atoms with van der Waals surface area (Å²) in [7, 11) is 0. The summed E-state index contributed by atoms with van der Waals surface area (Å²) in [5.74, 6) is 1.49. The molecule has 1 aliphatic carbocycles. The number of ether oxygens (including phenoxy) is 1. The first-order chi connectivity index (χ1) is 11.3. The van der Waals surface area contributed by atoms with Crippen molar-refractivity contribution in [1.82, 2.24) is 5.32 Å². The third-order valence-electron chi connectivity index (χ3n) is 3.88. The van der Waals surface area contributed by atoms with E-state index in [1.165, 1.54) is 11.3 Å². The van der Waals surface area contributed by atoms with Crippen LogP contribution in [0.5, 0.6) is 5.75 Å². The molecule has 0 atom stereocenters. The molecular weight excluding hydrogens is 306 g/mol. The molecule has 0 aromatic heterocycles. The Hall–Kier alpha value is -1.94. The molecule has 120 valence electrons. The summed E-state index contributed by atoms with van der Waals surface area (Å²) in [6.07, 6.45) is 3.67. The predicted octanol–water partition coefficient (Wildman–Crippen LogP) is 4.14. The molecular formula is C19H21NO2S. The van der Waals surface area contributed by atoms with Gasteiger partial charge in [-0.15, -0.1) is 11.8 Å². The van der Waals surface area contributed by atoms with Gasteiger partial charge in [-0.1, -0.05) is 30.3 Å². The fourth-order valence-corrected chi connectivity index (χ4v) is 3.16. The van der Waals surface area contributed by atoms with Crippen LogP contribution >= 0.6 is 11.8 Å². The van der Waals surface area contributed by atoms with Crippen LogP contribution in [0.2, 0.25) is 0 Å². The lowest BCUT2D eigenvalue weighted by Crippen LogP contribution is -2.29. The zero-order valence-electron chi connectivity index (χ0n) is 13.0. The minimum absolute atomic E-state index is 0.0615. The van der Waals surface area contributed by atoms with E-state index in [1.54, 1.807) is 11.8 Å². The topological polar surface area (TPSA) is 38.3 Å². The molecule has 4 heteroatoms. The second-order valence-corrected chi connectivity index (χ2v) is 6.75. The molecule has 0 radical (unpaired) electrons. The number of thioether (sulfide) groups is 1. The summed E-state index contributed by atoms with van der Waals surface area (Å²) in [6, 6.07) is 17.7. The first-order valence-electron chi connectivity index (χ1n) is 8.04. The molecule has 0 aliphatic heterocycles. The number of para-hydroxylation sites is 1. The summed E-state index contributed by atoms with van der Waals surface area (Å²) >= 11 is 1.74. The van der Waals surface area contributed by atoms with Crippen molar-refractivity contribution >= 4 is 17.7 Å². The van der Waals surface area contributed by atoms with Crippen LogP contribution in [-0.2, 0) is 0 Å². The van der Waals surface area contributed by atoms with Crippen molar-refractivity contribution in [3.05, 3.63) is 60.2 Å². The first-order valence-corrected chi connectivity index (χ1v) is 9.03. The lowest BCUT2D eigenvalue weighted by molar-refractivity contribution is 0.0930. The van der Waals surface area contributed by atoms with Crippen molar-refractivity contribution in [2.75, 3.05) is 12.3 Å². The minimum Gasteiger partial charge on any atom is -0.490 e. The average molecular weight is 327 g/mol. The second-order valence-electron chi connectivity index (χ2n) is 5.58. The van der Waals surface area contributed by atoms with E-state index in [9.17, 15) is 4.79 Å². The molecule has 1 aliphatic rings. The van der Waals surface area contributed by atoms with Crippen molar-refractivity contribution in [1.29, 1.82) is 0 Å². The van der Waals surface area contributed by atoms with Gasteiger partial charge in [0, 0.05) is 17.2 Å². The third kappa shape index (κ3) is 4.52. The van der Waals surface area contributed by atoms with E-state index >= 15 is 0 Å². The number of rotatable bonds is 7. The van der Waals surface area contributed by atoms with Gasteiger partial charge >= 0.3 is 0 Å². The largest absolute Gasteiger partial charge is 0.490 e. The highest BCUT2D eigenvalue weighted by atomic mass is 32.2. The molecule has 23 heavy (non-hydrogen) atoms. The molecule has 1 fully saturated rings. The zero-order chi connectivity index (χ0) is 15.9. The van der Waals surface area contributed by atoms with Crippen LogP contribution in [0.25, 0.3) is 0 Å². The SMILES string of the molecule is O=C(NCCSc1ccccc1)c1ccccc1OC1CCC1. The Balaban J connectivity index is 1.49. The average Bonchev–Trinajstić information content (AvgIpc) is 2.56. The van der Waals surface area contributed by atoms with E-state index in [0.717, 1.165) is 18.6 Å². The van der Waals surface area contributed by atoms with Crippen LogP contribution in [0.3, 0.4) is 0 Å². The van der Waals surface area contributed by atoms with Gasteiger partial charge < -0.3 is 10.1 Å². The van der Waals surface area contributed by atoms with Crippen molar-refractivity contribution in [3.63, 3.8) is 0 Å². The summed E-state index contributed by atoms with van der Waals surface area (Å²) in [6.45, 7) is 0.635. The standard InChI is InChI=1S/C19H21NO2S/c21-19(20-13-14-23-16-9-2-1-3-10-16)17-11-4-5-12-18(17)22-15-7-6-8-15/h1-5,9-12,15H,6-8,13-14H2,(H,20,21). The van der Waals surface area contributed by atoms with Crippen LogP contribution in [0, 0.1) is 0 Å². The lowest BCUT2D eigenvalue weighted by Gasteiger charge is -2.27. The Morgan fingerprint density at radius 3 is 2.57 bits per heavy atom. The van der Waals surface area contributed by atoms with Crippen LogP contribution in [-0.4, -0.2) is 24.3 Å². The van der Waals surface area contributed by atoms with Gasteiger partial charge in [-0.3, -0.25) is 4.79 Å². The fourth-order valence-electron chi connectivity index (χ4n) is 2.37. The number of hydrogen-bond acceptors (Lipinski definition) is 3. The molecule has 1 N–H and O–H groups in total. The monoisotopic (exact) mass is 327 g/mol. The molecule has 0 bridgehead atoms. The van der Waals surface area contributed by atoms with E-state index in [4.69, 9.17) is 4.74 Å². The van der Waals surface area contributed by atoms with E-state index in [1.807, 2.05) is 42.5 Å². The zero-order valence-corrected chi connectivity index (χ0v) is 13.9. The minimum atomic E-state index is -0.0615. The first kappa shape index (κ1) is 15.9. The number of carbonyl (C=O) groups excluding carboxylic acids is 1. The van der Waals surface area contributed by atoms with Crippen molar-refractivity contribution in [2.24, 2.45) is 0 Å². The van der Waals surface area contributed by atoms with Gasteiger partial charge in [0.25, 0.3) is 5.91 Å². The summed E-state index contributed by atoms with van der Waals surface area (Å²) in [5.41, 5.74) is 0.629. The Kier molecular flexibility index (Phi) is 5.59. The van der Waals surface area contributed by atoms with Gasteiger partial charge in [-0.05, 0) is 43.5 Å². The van der Waals surface area contributed by atoms with Gasteiger partial charge in [0.15, 0.2) is 0 Å². The molecule has 2 aromatic rings. The van der Waals surface area contributed by atoms with Crippen molar-refractivity contribution < 1.29 is 9.53 Å².